The third-order valence-electron chi connectivity index (χ3n) is 1.38. The average molecular weight is 156 g/mol. The SMILES string of the molecule is NC(CO)C1=CC(=O)NC1=O. The zero-order chi connectivity index (χ0) is 8.43. The summed E-state index contributed by atoms with van der Waals surface area (Å²) >= 11 is 0. The maximum absolute atomic E-state index is 10.8. The van der Waals surface area contributed by atoms with E-state index in [-0.39, 0.29) is 12.2 Å². The van der Waals surface area contributed by atoms with Crippen LogP contribution in [-0.4, -0.2) is 29.6 Å². The van der Waals surface area contributed by atoms with Crippen LogP contribution < -0.4 is 11.1 Å². The van der Waals surface area contributed by atoms with Gasteiger partial charge in [0.2, 0.25) is 0 Å². The van der Waals surface area contributed by atoms with Crippen LogP contribution >= 0.6 is 0 Å². The first-order chi connectivity index (χ1) is 5.15. The van der Waals surface area contributed by atoms with Gasteiger partial charge in [-0.1, -0.05) is 0 Å². The number of imide groups is 1. The molecule has 1 unspecified atom stereocenters. The minimum atomic E-state index is -0.763. The first-order valence-electron chi connectivity index (χ1n) is 3.08. The molecule has 5 nitrogen and oxygen atoms in total. The van der Waals surface area contributed by atoms with Crippen molar-refractivity contribution in [3.8, 4) is 0 Å². The predicted octanol–water partition coefficient (Wildman–Crippen LogP) is -2.11. The van der Waals surface area contributed by atoms with Crippen molar-refractivity contribution in [1.82, 2.24) is 5.32 Å². The number of hydrogen-bond donors (Lipinski definition) is 3. The van der Waals surface area contributed by atoms with Gasteiger partial charge in [0.1, 0.15) is 0 Å². The highest BCUT2D eigenvalue weighted by Crippen LogP contribution is 2.04. The average Bonchev–Trinajstić information content (AvgIpc) is 2.28. The van der Waals surface area contributed by atoms with Crippen molar-refractivity contribution in [3.63, 3.8) is 0 Å². The van der Waals surface area contributed by atoms with Gasteiger partial charge in [-0.15, -0.1) is 0 Å². The minimum absolute atomic E-state index is 0.137. The summed E-state index contributed by atoms with van der Waals surface area (Å²) in [5.74, 6) is -0.995. The van der Waals surface area contributed by atoms with E-state index in [1.54, 1.807) is 0 Å². The summed E-state index contributed by atoms with van der Waals surface area (Å²) in [6, 6.07) is -0.763. The molecule has 1 atom stereocenters. The molecule has 0 radical (unpaired) electrons. The molecule has 0 aliphatic carbocycles. The summed E-state index contributed by atoms with van der Waals surface area (Å²) in [4.78, 5) is 21.3. The van der Waals surface area contributed by atoms with Gasteiger partial charge in [-0.2, -0.15) is 0 Å². The van der Waals surface area contributed by atoms with E-state index in [4.69, 9.17) is 10.8 Å². The molecule has 1 aliphatic heterocycles. The van der Waals surface area contributed by atoms with Gasteiger partial charge in [-0.25, -0.2) is 0 Å². The lowest BCUT2D eigenvalue weighted by molar-refractivity contribution is -0.124. The Balaban J connectivity index is 2.79. The smallest absolute Gasteiger partial charge is 0.255 e. The Morgan fingerprint density at radius 2 is 2.27 bits per heavy atom. The molecule has 5 heteroatoms. The Morgan fingerprint density at radius 3 is 2.64 bits per heavy atom. The van der Waals surface area contributed by atoms with Gasteiger partial charge in [0.15, 0.2) is 0 Å². The molecule has 0 aromatic rings. The monoisotopic (exact) mass is 156 g/mol. The number of aliphatic hydroxyl groups excluding tert-OH is 1. The van der Waals surface area contributed by atoms with E-state index in [9.17, 15) is 9.59 Å². The van der Waals surface area contributed by atoms with Crippen LogP contribution in [0.4, 0.5) is 0 Å². The highest BCUT2D eigenvalue weighted by molar-refractivity contribution is 6.16. The zero-order valence-electron chi connectivity index (χ0n) is 5.70. The molecular weight excluding hydrogens is 148 g/mol. The van der Waals surface area contributed by atoms with Crippen molar-refractivity contribution in [2.45, 2.75) is 6.04 Å². The van der Waals surface area contributed by atoms with Crippen LogP contribution in [0.1, 0.15) is 0 Å². The van der Waals surface area contributed by atoms with E-state index in [1.165, 1.54) is 0 Å². The van der Waals surface area contributed by atoms with Crippen LogP contribution in [-0.2, 0) is 9.59 Å². The van der Waals surface area contributed by atoms with Gasteiger partial charge in [0.25, 0.3) is 11.8 Å². The van der Waals surface area contributed by atoms with Crippen molar-refractivity contribution < 1.29 is 14.7 Å². The van der Waals surface area contributed by atoms with E-state index in [0.29, 0.717) is 0 Å². The number of nitrogens with two attached hydrogens (primary N) is 1. The number of carbonyl (C=O) groups is 2. The molecule has 0 aromatic carbocycles. The van der Waals surface area contributed by atoms with Crippen LogP contribution in [0, 0.1) is 0 Å². The first kappa shape index (κ1) is 7.90. The van der Waals surface area contributed by atoms with Gasteiger partial charge in [0.05, 0.1) is 12.6 Å². The van der Waals surface area contributed by atoms with Crippen LogP contribution in [0.3, 0.4) is 0 Å². The number of carbonyl (C=O) groups excluding carboxylic acids is 2. The molecule has 4 N–H and O–H groups in total. The fourth-order valence-electron chi connectivity index (χ4n) is 0.801. The fourth-order valence-corrected chi connectivity index (χ4v) is 0.801. The third kappa shape index (κ3) is 1.44. The summed E-state index contributed by atoms with van der Waals surface area (Å²) in [7, 11) is 0. The molecule has 0 bridgehead atoms. The van der Waals surface area contributed by atoms with Crippen LogP contribution in [0.2, 0.25) is 0 Å². The van der Waals surface area contributed by atoms with E-state index < -0.39 is 17.9 Å². The van der Waals surface area contributed by atoms with Gasteiger partial charge >= 0.3 is 0 Å². The van der Waals surface area contributed by atoms with Gasteiger partial charge in [-0.3, -0.25) is 14.9 Å². The molecule has 11 heavy (non-hydrogen) atoms. The molecule has 2 amide bonds. The summed E-state index contributed by atoms with van der Waals surface area (Å²) in [5.41, 5.74) is 5.44. The highest BCUT2D eigenvalue weighted by Gasteiger charge is 2.24. The van der Waals surface area contributed by atoms with E-state index in [2.05, 4.69) is 0 Å². The van der Waals surface area contributed by atoms with E-state index in [0.717, 1.165) is 6.08 Å². The maximum atomic E-state index is 10.8. The standard InChI is InChI=1S/C6H8N2O3/c7-4(2-9)3-1-5(10)8-6(3)11/h1,4,9H,2,7H2,(H,8,10,11). The quantitative estimate of drug-likeness (QED) is 0.399. The van der Waals surface area contributed by atoms with Gasteiger partial charge in [-0.05, 0) is 0 Å². The number of aliphatic hydroxyl groups is 1. The van der Waals surface area contributed by atoms with Crippen molar-refractivity contribution in [3.05, 3.63) is 11.6 Å². The zero-order valence-corrected chi connectivity index (χ0v) is 5.70. The Hall–Kier alpha value is -1.20. The highest BCUT2D eigenvalue weighted by atomic mass is 16.3. The Bertz CT molecular complexity index is 234. The number of amides is 2. The molecule has 0 saturated carbocycles. The lowest BCUT2D eigenvalue weighted by atomic mass is 10.1. The Labute approximate surface area is 62.9 Å². The van der Waals surface area contributed by atoms with Crippen LogP contribution in [0.25, 0.3) is 0 Å². The predicted molar refractivity (Wildman–Crippen MR) is 36.3 cm³/mol. The minimum Gasteiger partial charge on any atom is -0.394 e. The van der Waals surface area contributed by atoms with Crippen molar-refractivity contribution >= 4 is 11.8 Å². The molecule has 60 valence electrons. The molecule has 0 fully saturated rings. The van der Waals surface area contributed by atoms with Crippen molar-refractivity contribution in [2.24, 2.45) is 5.73 Å². The van der Waals surface area contributed by atoms with Crippen LogP contribution in [0.15, 0.2) is 11.6 Å². The molecule has 0 aromatic heterocycles. The van der Waals surface area contributed by atoms with E-state index >= 15 is 0 Å². The Kier molecular flexibility index (Phi) is 2.02. The van der Waals surface area contributed by atoms with Gasteiger partial charge < -0.3 is 10.8 Å². The summed E-state index contributed by atoms with van der Waals surface area (Å²) in [6.07, 6.45) is 1.10. The normalized spacial score (nSPS) is 19.6. The van der Waals surface area contributed by atoms with Gasteiger partial charge in [0, 0.05) is 11.6 Å². The van der Waals surface area contributed by atoms with Crippen molar-refractivity contribution in [2.75, 3.05) is 6.61 Å². The topological polar surface area (TPSA) is 92.4 Å². The molecule has 1 rings (SSSR count). The fraction of sp³-hybridized carbons (Fsp3) is 0.333. The summed E-state index contributed by atoms with van der Waals surface area (Å²) < 4.78 is 0. The third-order valence-corrected chi connectivity index (χ3v) is 1.38. The lowest BCUT2D eigenvalue weighted by Crippen LogP contribution is -2.33. The first-order valence-corrected chi connectivity index (χ1v) is 3.08. The molecular formula is C6H8N2O3. The molecule has 0 saturated heterocycles. The molecule has 0 spiro atoms. The van der Waals surface area contributed by atoms with Crippen molar-refractivity contribution in [1.29, 1.82) is 0 Å². The van der Waals surface area contributed by atoms with Crippen LogP contribution in [0.5, 0.6) is 0 Å². The largest absolute Gasteiger partial charge is 0.394 e. The number of nitrogens with one attached hydrogen (secondary N) is 1. The second-order valence-electron chi connectivity index (χ2n) is 2.21. The molecule has 1 heterocycles. The second kappa shape index (κ2) is 2.81. The maximum Gasteiger partial charge on any atom is 0.255 e. The number of rotatable bonds is 2. The number of hydrogen-bond acceptors (Lipinski definition) is 4. The Morgan fingerprint density at radius 1 is 1.64 bits per heavy atom. The second-order valence-corrected chi connectivity index (χ2v) is 2.21. The lowest BCUT2D eigenvalue weighted by Gasteiger charge is -2.05. The summed E-state index contributed by atoms with van der Waals surface area (Å²) in [5, 5.41) is 10.6. The van der Waals surface area contributed by atoms with E-state index in [1.807, 2.05) is 5.32 Å². The summed E-state index contributed by atoms with van der Waals surface area (Å²) in [6.45, 7) is -0.341. The molecule has 1 aliphatic rings.